The van der Waals surface area contributed by atoms with Crippen LogP contribution in [-0.4, -0.2) is 28.9 Å². The van der Waals surface area contributed by atoms with E-state index < -0.39 is 30.2 Å². The fraction of sp³-hybridized carbons (Fsp3) is 0.133. The van der Waals surface area contributed by atoms with Crippen molar-refractivity contribution in [1.82, 2.24) is 5.48 Å². The van der Waals surface area contributed by atoms with Gasteiger partial charge in [-0.3, -0.25) is 9.59 Å². The van der Waals surface area contributed by atoms with Crippen molar-refractivity contribution in [2.45, 2.75) is 12.5 Å². The number of aliphatic carboxylic acids is 1. The molecule has 126 valence electrons. The molecule has 0 aliphatic carbocycles. The normalized spacial score (nSPS) is 11.8. The van der Waals surface area contributed by atoms with Crippen LogP contribution in [0.2, 0.25) is 10.0 Å². The number of rotatable bonds is 7. The summed E-state index contributed by atoms with van der Waals surface area (Å²) in [4.78, 5) is 40.0. The number of nitrogens with one attached hydrogen (secondary N) is 1. The van der Waals surface area contributed by atoms with Crippen LogP contribution in [0.15, 0.2) is 35.0 Å². The van der Waals surface area contributed by atoms with Crippen molar-refractivity contribution in [2.24, 2.45) is 0 Å². The molecule has 2 N–H and O–H groups in total. The molecule has 0 amide bonds. The molecule has 1 atom stereocenters. The van der Waals surface area contributed by atoms with Crippen molar-refractivity contribution in [3.63, 3.8) is 0 Å². The molecule has 0 bridgehead atoms. The molecule has 0 aliphatic rings. The van der Waals surface area contributed by atoms with Crippen LogP contribution in [0.4, 0.5) is 0 Å². The summed E-state index contributed by atoms with van der Waals surface area (Å²) in [6, 6.07) is 4.48. The number of hydrogen-bond donors (Lipinski definition) is 2. The van der Waals surface area contributed by atoms with Gasteiger partial charge in [0.2, 0.25) is 0 Å². The van der Waals surface area contributed by atoms with Crippen molar-refractivity contribution >= 4 is 52.3 Å². The maximum Gasteiger partial charge on any atom is 0.356 e. The van der Waals surface area contributed by atoms with Crippen molar-refractivity contribution in [3.05, 3.63) is 56.2 Å². The number of thiophene rings is 1. The predicted molar refractivity (Wildman–Crippen MR) is 89.7 cm³/mol. The number of hydrogen-bond acceptors (Lipinski definition) is 6. The van der Waals surface area contributed by atoms with Gasteiger partial charge in [-0.2, -0.15) is 11.3 Å². The second-order valence-electron chi connectivity index (χ2n) is 4.66. The van der Waals surface area contributed by atoms with Gasteiger partial charge in [0, 0.05) is 10.9 Å². The third-order valence-corrected chi connectivity index (χ3v) is 4.37. The maximum absolute atomic E-state index is 12.2. The fourth-order valence-electron chi connectivity index (χ4n) is 1.78. The molecular weight excluding hydrogens is 377 g/mol. The first-order valence-electron chi connectivity index (χ1n) is 6.58. The fourth-order valence-corrected chi connectivity index (χ4v) is 2.72. The van der Waals surface area contributed by atoms with Gasteiger partial charge in [-0.1, -0.05) is 23.2 Å². The summed E-state index contributed by atoms with van der Waals surface area (Å²) in [6.45, 7) is 0. The average molecular weight is 388 g/mol. The molecule has 1 aromatic heterocycles. The molecule has 0 saturated heterocycles. The smallest absolute Gasteiger partial charge is 0.356 e. The molecule has 0 radical (unpaired) electrons. The summed E-state index contributed by atoms with van der Waals surface area (Å²) < 4.78 is 0. The number of carboxylic acid groups (broad SMARTS) is 1. The molecule has 6 nitrogen and oxygen atoms in total. The molecule has 0 fully saturated rings. The van der Waals surface area contributed by atoms with E-state index >= 15 is 0 Å². The Balaban J connectivity index is 2.06. The third-order valence-electron chi connectivity index (χ3n) is 2.95. The minimum absolute atomic E-state index is 0.106. The van der Waals surface area contributed by atoms with Gasteiger partial charge in [-0.15, -0.1) is 5.48 Å². The highest BCUT2D eigenvalue weighted by atomic mass is 35.5. The van der Waals surface area contributed by atoms with Gasteiger partial charge in [0.15, 0.2) is 5.78 Å². The largest absolute Gasteiger partial charge is 0.481 e. The molecule has 9 heteroatoms. The Morgan fingerprint density at radius 3 is 2.50 bits per heavy atom. The van der Waals surface area contributed by atoms with Crippen LogP contribution in [0, 0.1) is 0 Å². The molecule has 1 aromatic carbocycles. The summed E-state index contributed by atoms with van der Waals surface area (Å²) >= 11 is 12.9. The van der Waals surface area contributed by atoms with Crippen LogP contribution in [0.1, 0.15) is 27.1 Å². The van der Waals surface area contributed by atoms with E-state index in [9.17, 15) is 14.4 Å². The molecule has 2 rings (SSSR count). The highest BCUT2D eigenvalue weighted by molar-refractivity contribution is 7.08. The van der Waals surface area contributed by atoms with E-state index in [4.69, 9.17) is 33.1 Å². The highest BCUT2D eigenvalue weighted by Crippen LogP contribution is 2.22. The Morgan fingerprint density at radius 2 is 1.92 bits per heavy atom. The Bertz CT molecular complexity index is 763. The van der Waals surface area contributed by atoms with Gasteiger partial charge in [0.25, 0.3) is 0 Å². The van der Waals surface area contributed by atoms with E-state index in [-0.39, 0.29) is 15.6 Å². The minimum Gasteiger partial charge on any atom is -0.481 e. The van der Waals surface area contributed by atoms with E-state index in [2.05, 4.69) is 5.48 Å². The van der Waals surface area contributed by atoms with E-state index in [1.54, 1.807) is 16.8 Å². The quantitative estimate of drug-likeness (QED) is 0.558. The first-order valence-corrected chi connectivity index (χ1v) is 8.28. The van der Waals surface area contributed by atoms with E-state index in [0.29, 0.717) is 5.56 Å². The van der Waals surface area contributed by atoms with Crippen molar-refractivity contribution in [3.8, 4) is 0 Å². The van der Waals surface area contributed by atoms with E-state index in [0.717, 1.165) is 0 Å². The molecule has 2 aromatic rings. The summed E-state index contributed by atoms with van der Waals surface area (Å²) in [7, 11) is 0. The lowest BCUT2D eigenvalue weighted by molar-refractivity contribution is -0.138. The molecule has 0 spiro atoms. The SMILES string of the molecule is O=C(O)CC(NOC(=O)c1ccc(Cl)c(Cl)c1)C(=O)c1ccsc1. The van der Waals surface area contributed by atoms with Gasteiger partial charge >= 0.3 is 11.9 Å². The zero-order chi connectivity index (χ0) is 17.7. The van der Waals surface area contributed by atoms with Gasteiger partial charge in [-0.25, -0.2) is 4.79 Å². The lowest BCUT2D eigenvalue weighted by Gasteiger charge is -2.14. The Hall–Kier alpha value is -1.93. The van der Waals surface area contributed by atoms with Gasteiger partial charge in [0.05, 0.1) is 22.0 Å². The highest BCUT2D eigenvalue weighted by Gasteiger charge is 2.25. The van der Waals surface area contributed by atoms with E-state index in [1.165, 1.54) is 29.5 Å². The van der Waals surface area contributed by atoms with Crippen molar-refractivity contribution in [1.29, 1.82) is 0 Å². The van der Waals surface area contributed by atoms with Crippen molar-refractivity contribution in [2.75, 3.05) is 0 Å². The molecule has 0 aliphatic heterocycles. The van der Waals surface area contributed by atoms with Crippen LogP contribution < -0.4 is 5.48 Å². The first kappa shape index (κ1) is 18.4. The first-order chi connectivity index (χ1) is 11.4. The number of carboxylic acids is 1. The lowest BCUT2D eigenvalue weighted by atomic mass is 10.1. The zero-order valence-corrected chi connectivity index (χ0v) is 14.3. The molecule has 1 unspecified atom stereocenters. The standard InChI is InChI=1S/C15H11Cl2NO5S/c16-10-2-1-8(5-11(10)17)15(22)23-18-12(6-13(19)20)14(21)9-3-4-24-7-9/h1-5,7,12,18H,6H2,(H,19,20). The second-order valence-corrected chi connectivity index (χ2v) is 6.26. The number of Topliss-reactive ketones (excluding diaryl/α,β-unsaturated/α-hetero) is 1. The van der Waals surface area contributed by atoms with Crippen LogP contribution in [0.3, 0.4) is 0 Å². The van der Waals surface area contributed by atoms with Crippen LogP contribution >= 0.6 is 34.5 Å². The molecule has 0 saturated carbocycles. The molecule has 24 heavy (non-hydrogen) atoms. The third kappa shape index (κ3) is 4.78. The predicted octanol–water partition coefficient (Wildman–Crippen LogP) is 3.44. The summed E-state index contributed by atoms with van der Waals surface area (Å²) in [5, 5.41) is 12.6. The summed E-state index contributed by atoms with van der Waals surface area (Å²) in [5.41, 5.74) is 2.66. The second kappa shape index (κ2) is 8.25. The number of carbonyl (C=O) groups is 3. The number of ketones is 1. The zero-order valence-electron chi connectivity index (χ0n) is 12.0. The van der Waals surface area contributed by atoms with Gasteiger partial charge < -0.3 is 9.94 Å². The average Bonchev–Trinajstić information content (AvgIpc) is 3.07. The van der Waals surface area contributed by atoms with Gasteiger partial charge in [0.1, 0.15) is 6.04 Å². The summed E-state index contributed by atoms with van der Waals surface area (Å²) in [6.07, 6.45) is -0.538. The monoisotopic (exact) mass is 387 g/mol. The minimum atomic E-state index is -1.21. The maximum atomic E-state index is 12.2. The Kier molecular flexibility index (Phi) is 6.33. The van der Waals surface area contributed by atoms with E-state index in [1.807, 2.05) is 0 Å². The van der Waals surface area contributed by atoms with Gasteiger partial charge in [-0.05, 0) is 29.6 Å². The molecular formula is C15H11Cl2NO5S. The number of carbonyl (C=O) groups excluding carboxylic acids is 2. The number of hydroxylamine groups is 1. The number of benzene rings is 1. The van der Waals surface area contributed by atoms with Crippen LogP contribution in [-0.2, 0) is 9.63 Å². The Labute approximate surface area is 150 Å². The van der Waals surface area contributed by atoms with Crippen LogP contribution in [0.5, 0.6) is 0 Å². The van der Waals surface area contributed by atoms with Crippen molar-refractivity contribution < 1.29 is 24.3 Å². The summed E-state index contributed by atoms with van der Waals surface area (Å²) in [5.74, 6) is -2.51. The number of halogens is 2. The lowest BCUT2D eigenvalue weighted by Crippen LogP contribution is -2.39. The molecule has 1 heterocycles. The van der Waals surface area contributed by atoms with Crippen LogP contribution in [0.25, 0.3) is 0 Å². The topological polar surface area (TPSA) is 92.7 Å². The Morgan fingerprint density at radius 1 is 1.17 bits per heavy atom.